The van der Waals surface area contributed by atoms with Gasteiger partial charge in [-0.1, -0.05) is 23.7 Å². The number of carbonyl (C=O) groups is 1. The number of carboxylic acids is 1. The maximum Gasteiger partial charge on any atom is 0.490 e. The minimum atomic E-state index is -5.08. The molecule has 0 spiro atoms. The number of piperidine rings is 1. The first-order chi connectivity index (χ1) is 14.7. The minimum Gasteiger partial charge on any atom is -0.475 e. The molecule has 0 unspecified atom stereocenters. The third kappa shape index (κ3) is 6.59. The molecule has 0 atom stereocenters. The second-order valence-electron chi connectivity index (χ2n) is 7.18. The van der Waals surface area contributed by atoms with Gasteiger partial charge in [-0.25, -0.2) is 4.79 Å². The predicted octanol–water partition coefficient (Wildman–Crippen LogP) is 5.95. The Balaban J connectivity index is 0.000000339. The lowest BCUT2D eigenvalue weighted by molar-refractivity contribution is -0.192. The highest BCUT2D eigenvalue weighted by Gasteiger charge is 2.38. The molecule has 0 aliphatic carbocycles. The summed E-state index contributed by atoms with van der Waals surface area (Å²) in [5, 5.41) is 14.9. The Hall–Kier alpha value is -2.29. The Labute approximate surface area is 187 Å². The summed E-state index contributed by atoms with van der Waals surface area (Å²) in [4.78, 5) is 11.5. The van der Waals surface area contributed by atoms with Crippen LogP contribution in [-0.2, 0) is 11.3 Å². The van der Waals surface area contributed by atoms with Gasteiger partial charge in [0.2, 0.25) is 0 Å². The van der Waals surface area contributed by atoms with Crippen LogP contribution in [0.1, 0.15) is 18.4 Å². The number of aliphatic carboxylic acids is 1. The molecule has 2 N–H and O–H groups in total. The summed E-state index contributed by atoms with van der Waals surface area (Å²) in [7, 11) is 0. The number of nitrogens with one attached hydrogen (secondary N) is 1. The van der Waals surface area contributed by atoms with Gasteiger partial charge in [0.25, 0.3) is 0 Å². The van der Waals surface area contributed by atoms with Crippen molar-refractivity contribution in [3.63, 3.8) is 0 Å². The molecule has 4 rings (SSSR count). The molecule has 9 heteroatoms. The summed E-state index contributed by atoms with van der Waals surface area (Å²) in [5.74, 6) is -2.76. The number of thiophene rings is 1. The van der Waals surface area contributed by atoms with Crippen molar-refractivity contribution in [2.45, 2.75) is 31.6 Å². The Morgan fingerprint density at radius 2 is 1.77 bits per heavy atom. The van der Waals surface area contributed by atoms with Gasteiger partial charge in [0.15, 0.2) is 0 Å². The van der Waals surface area contributed by atoms with E-state index in [1.807, 2.05) is 12.1 Å². The quantitative estimate of drug-likeness (QED) is 0.495. The fourth-order valence-electron chi connectivity index (χ4n) is 3.47. The fraction of sp³-hybridized carbons (Fsp3) is 0.318. The van der Waals surface area contributed by atoms with Crippen LogP contribution < -0.4 is 10.2 Å². The second kappa shape index (κ2) is 10.3. The Bertz CT molecular complexity index is 1000. The third-order valence-corrected chi connectivity index (χ3v) is 6.18. The van der Waals surface area contributed by atoms with Gasteiger partial charge in [-0.3, -0.25) is 0 Å². The molecule has 0 saturated carbocycles. The van der Waals surface area contributed by atoms with E-state index in [-0.39, 0.29) is 0 Å². The zero-order chi connectivity index (χ0) is 22.4. The van der Waals surface area contributed by atoms with Crippen molar-refractivity contribution >= 4 is 44.7 Å². The smallest absolute Gasteiger partial charge is 0.475 e. The number of nitrogens with zero attached hydrogens (tertiary/aromatic N) is 1. The standard InChI is InChI=1S/C20H21ClN2S.C2HF3O2/c21-17-3-1-15(2-4-17)14-23(18-7-10-22-11-8-18)19-5-6-20-16(13-19)9-12-24-20;3-2(4,5)1(6)7/h1-6,9,12-13,18,22H,7-8,10-11,14H2;(H,6,7). The van der Waals surface area contributed by atoms with Crippen LogP contribution in [-0.4, -0.2) is 36.4 Å². The summed E-state index contributed by atoms with van der Waals surface area (Å²) in [6.45, 7) is 3.13. The van der Waals surface area contributed by atoms with E-state index in [2.05, 4.69) is 52.0 Å². The van der Waals surface area contributed by atoms with Crippen molar-refractivity contribution in [2.24, 2.45) is 0 Å². The van der Waals surface area contributed by atoms with E-state index in [0.717, 1.165) is 24.7 Å². The first kappa shape index (κ1) is 23.4. The number of hydrogen-bond acceptors (Lipinski definition) is 4. The average Bonchev–Trinajstić information content (AvgIpc) is 3.21. The van der Waals surface area contributed by atoms with E-state index in [9.17, 15) is 13.2 Å². The molecular formula is C22H22ClF3N2O2S. The second-order valence-corrected chi connectivity index (χ2v) is 8.57. The molecule has 166 valence electrons. The largest absolute Gasteiger partial charge is 0.490 e. The number of halogens is 4. The van der Waals surface area contributed by atoms with Gasteiger partial charge in [0.1, 0.15) is 0 Å². The van der Waals surface area contributed by atoms with Crippen LogP contribution in [0.3, 0.4) is 0 Å². The van der Waals surface area contributed by atoms with E-state index in [1.165, 1.54) is 34.2 Å². The topological polar surface area (TPSA) is 52.6 Å². The number of carboxylic acid groups (broad SMARTS) is 1. The lowest BCUT2D eigenvalue weighted by atomic mass is 10.0. The van der Waals surface area contributed by atoms with Crippen molar-refractivity contribution in [1.29, 1.82) is 0 Å². The molecule has 0 radical (unpaired) electrons. The molecule has 2 heterocycles. The molecule has 31 heavy (non-hydrogen) atoms. The van der Waals surface area contributed by atoms with Gasteiger partial charge < -0.3 is 15.3 Å². The van der Waals surface area contributed by atoms with E-state index < -0.39 is 12.1 Å². The summed E-state index contributed by atoms with van der Waals surface area (Å²) in [5.41, 5.74) is 2.63. The highest BCUT2D eigenvalue weighted by atomic mass is 35.5. The van der Waals surface area contributed by atoms with Gasteiger partial charge in [-0.15, -0.1) is 11.3 Å². The number of anilines is 1. The van der Waals surface area contributed by atoms with Crippen molar-refractivity contribution in [2.75, 3.05) is 18.0 Å². The van der Waals surface area contributed by atoms with Crippen LogP contribution in [0.4, 0.5) is 18.9 Å². The van der Waals surface area contributed by atoms with Crippen molar-refractivity contribution in [3.05, 3.63) is 64.5 Å². The van der Waals surface area contributed by atoms with E-state index in [4.69, 9.17) is 21.5 Å². The summed E-state index contributed by atoms with van der Waals surface area (Å²) in [6, 6.07) is 17.9. The van der Waals surface area contributed by atoms with E-state index >= 15 is 0 Å². The molecule has 1 aliphatic rings. The Kier molecular flexibility index (Phi) is 7.80. The Morgan fingerprint density at radius 1 is 1.13 bits per heavy atom. The molecule has 1 aromatic heterocycles. The molecular weight excluding hydrogens is 449 g/mol. The zero-order valence-corrected chi connectivity index (χ0v) is 18.1. The van der Waals surface area contributed by atoms with Gasteiger partial charge in [-0.2, -0.15) is 13.2 Å². The lowest BCUT2D eigenvalue weighted by Gasteiger charge is -2.36. The van der Waals surface area contributed by atoms with Gasteiger partial charge in [0.05, 0.1) is 0 Å². The van der Waals surface area contributed by atoms with Crippen LogP contribution in [0.5, 0.6) is 0 Å². The molecule has 1 saturated heterocycles. The van der Waals surface area contributed by atoms with E-state index in [1.54, 1.807) is 11.3 Å². The molecule has 1 fully saturated rings. The third-order valence-electron chi connectivity index (χ3n) is 5.03. The first-order valence-corrected chi connectivity index (χ1v) is 11.0. The number of hydrogen-bond donors (Lipinski definition) is 2. The molecule has 3 aromatic rings. The number of fused-ring (bicyclic) bond motifs is 1. The molecule has 4 nitrogen and oxygen atoms in total. The van der Waals surface area contributed by atoms with Crippen molar-refractivity contribution < 1.29 is 23.1 Å². The monoisotopic (exact) mass is 470 g/mol. The summed E-state index contributed by atoms with van der Waals surface area (Å²) < 4.78 is 33.1. The molecule has 2 aromatic carbocycles. The Morgan fingerprint density at radius 3 is 2.39 bits per heavy atom. The highest BCUT2D eigenvalue weighted by molar-refractivity contribution is 7.17. The normalized spacial score (nSPS) is 14.7. The number of benzene rings is 2. The SMILES string of the molecule is Clc1ccc(CN(c2ccc3sccc3c2)C2CCNCC2)cc1.O=C(O)C(F)(F)F. The average molecular weight is 471 g/mol. The summed E-state index contributed by atoms with van der Waals surface area (Å²) >= 11 is 7.85. The lowest BCUT2D eigenvalue weighted by Crippen LogP contribution is -2.43. The number of alkyl halides is 3. The number of rotatable bonds is 4. The molecule has 0 amide bonds. The van der Waals surface area contributed by atoms with Crippen molar-refractivity contribution in [3.8, 4) is 0 Å². The maximum absolute atomic E-state index is 10.6. The zero-order valence-electron chi connectivity index (χ0n) is 16.5. The van der Waals surface area contributed by atoms with Gasteiger partial charge in [-0.05, 0) is 78.7 Å². The highest BCUT2D eigenvalue weighted by Crippen LogP contribution is 2.30. The first-order valence-electron chi connectivity index (χ1n) is 9.73. The molecule has 0 bridgehead atoms. The fourth-order valence-corrected chi connectivity index (χ4v) is 4.37. The van der Waals surface area contributed by atoms with Crippen LogP contribution in [0.15, 0.2) is 53.9 Å². The van der Waals surface area contributed by atoms with Gasteiger partial charge in [0, 0.05) is 28.0 Å². The van der Waals surface area contributed by atoms with Gasteiger partial charge >= 0.3 is 12.1 Å². The van der Waals surface area contributed by atoms with Crippen LogP contribution in [0.25, 0.3) is 10.1 Å². The summed E-state index contributed by atoms with van der Waals surface area (Å²) in [6.07, 6.45) is -2.70. The van der Waals surface area contributed by atoms with Crippen LogP contribution in [0.2, 0.25) is 5.02 Å². The predicted molar refractivity (Wildman–Crippen MR) is 119 cm³/mol. The maximum atomic E-state index is 10.6. The minimum absolute atomic E-state index is 0.581. The van der Waals surface area contributed by atoms with Crippen LogP contribution in [0, 0.1) is 0 Å². The van der Waals surface area contributed by atoms with Crippen LogP contribution >= 0.6 is 22.9 Å². The van der Waals surface area contributed by atoms with E-state index in [0.29, 0.717) is 6.04 Å². The van der Waals surface area contributed by atoms with Crippen molar-refractivity contribution in [1.82, 2.24) is 5.32 Å². The molecule has 1 aliphatic heterocycles.